The molecule has 3 nitrogen and oxygen atoms in total. The van der Waals surface area contributed by atoms with Gasteiger partial charge in [0, 0.05) is 24.5 Å². The highest BCUT2D eigenvalue weighted by molar-refractivity contribution is 5.78. The first-order chi connectivity index (χ1) is 7.02. The van der Waals surface area contributed by atoms with Crippen molar-refractivity contribution in [3.8, 4) is 0 Å². The average Bonchev–Trinajstić information content (AvgIpc) is 2.28. The lowest BCUT2D eigenvalue weighted by molar-refractivity contribution is -0.136. The Hall–Kier alpha value is -0.570. The standard InChI is InChI=1S/C12H24N2O/c1-5-10(2)11(15)14-8-6-12(3,13-4)7-9-14/h10,13H,5-9H2,1-4H3. The summed E-state index contributed by atoms with van der Waals surface area (Å²) >= 11 is 0. The predicted molar refractivity (Wildman–Crippen MR) is 62.7 cm³/mol. The summed E-state index contributed by atoms with van der Waals surface area (Å²) in [5, 5.41) is 3.35. The van der Waals surface area contributed by atoms with E-state index in [1.54, 1.807) is 0 Å². The van der Waals surface area contributed by atoms with E-state index in [0.29, 0.717) is 5.91 Å². The largest absolute Gasteiger partial charge is 0.342 e. The summed E-state index contributed by atoms with van der Waals surface area (Å²) in [6.45, 7) is 8.14. The van der Waals surface area contributed by atoms with Crippen LogP contribution in [0.5, 0.6) is 0 Å². The van der Waals surface area contributed by atoms with E-state index in [1.807, 2.05) is 18.9 Å². The maximum absolute atomic E-state index is 11.9. The van der Waals surface area contributed by atoms with E-state index < -0.39 is 0 Å². The van der Waals surface area contributed by atoms with E-state index >= 15 is 0 Å². The van der Waals surface area contributed by atoms with Gasteiger partial charge in [-0.15, -0.1) is 0 Å². The van der Waals surface area contributed by atoms with Gasteiger partial charge in [-0.25, -0.2) is 0 Å². The van der Waals surface area contributed by atoms with Crippen LogP contribution < -0.4 is 5.32 Å². The molecule has 0 saturated carbocycles. The highest BCUT2D eigenvalue weighted by Gasteiger charge is 2.31. The van der Waals surface area contributed by atoms with Crippen molar-refractivity contribution in [3.05, 3.63) is 0 Å². The van der Waals surface area contributed by atoms with E-state index in [9.17, 15) is 4.79 Å². The van der Waals surface area contributed by atoms with Crippen molar-refractivity contribution in [3.63, 3.8) is 0 Å². The van der Waals surface area contributed by atoms with Crippen molar-refractivity contribution < 1.29 is 4.79 Å². The summed E-state index contributed by atoms with van der Waals surface area (Å²) in [6.07, 6.45) is 3.07. The highest BCUT2D eigenvalue weighted by Crippen LogP contribution is 2.22. The van der Waals surface area contributed by atoms with Gasteiger partial charge in [0.2, 0.25) is 5.91 Å². The molecule has 1 atom stereocenters. The first-order valence-electron chi connectivity index (χ1n) is 6.00. The Morgan fingerprint density at radius 2 is 2.00 bits per heavy atom. The van der Waals surface area contributed by atoms with Crippen molar-refractivity contribution in [2.75, 3.05) is 20.1 Å². The van der Waals surface area contributed by atoms with Gasteiger partial charge in [0.25, 0.3) is 0 Å². The van der Waals surface area contributed by atoms with Gasteiger partial charge in [-0.1, -0.05) is 13.8 Å². The first-order valence-corrected chi connectivity index (χ1v) is 6.00. The zero-order valence-electron chi connectivity index (χ0n) is 10.5. The summed E-state index contributed by atoms with van der Waals surface area (Å²) in [5.74, 6) is 0.514. The number of nitrogens with one attached hydrogen (secondary N) is 1. The number of likely N-dealkylation sites (tertiary alicyclic amines) is 1. The summed E-state index contributed by atoms with van der Waals surface area (Å²) in [7, 11) is 2.01. The molecule has 1 amide bonds. The van der Waals surface area contributed by atoms with Gasteiger partial charge in [0.05, 0.1) is 0 Å². The summed E-state index contributed by atoms with van der Waals surface area (Å²) in [4.78, 5) is 14.0. The fourth-order valence-corrected chi connectivity index (χ4v) is 1.96. The molecule has 0 aromatic carbocycles. The number of nitrogens with zero attached hydrogens (tertiary/aromatic N) is 1. The molecule has 88 valence electrons. The smallest absolute Gasteiger partial charge is 0.225 e. The SMILES string of the molecule is CCC(C)C(=O)N1CCC(C)(NC)CC1. The molecule has 3 heteroatoms. The monoisotopic (exact) mass is 212 g/mol. The Balaban J connectivity index is 2.47. The number of piperidine rings is 1. The second-order valence-corrected chi connectivity index (χ2v) is 4.95. The molecule has 1 heterocycles. The van der Waals surface area contributed by atoms with Crippen LogP contribution in [0.1, 0.15) is 40.0 Å². The van der Waals surface area contributed by atoms with Crippen molar-refractivity contribution in [2.45, 2.75) is 45.6 Å². The number of hydrogen-bond donors (Lipinski definition) is 1. The van der Waals surface area contributed by atoms with Crippen molar-refractivity contribution in [1.29, 1.82) is 0 Å². The summed E-state index contributed by atoms with van der Waals surface area (Å²) in [6, 6.07) is 0. The molecule has 0 bridgehead atoms. The van der Waals surface area contributed by atoms with Gasteiger partial charge in [-0.2, -0.15) is 0 Å². The molecule has 1 fully saturated rings. The van der Waals surface area contributed by atoms with Crippen LogP contribution in [0.15, 0.2) is 0 Å². The van der Waals surface area contributed by atoms with Crippen LogP contribution in [0.3, 0.4) is 0 Å². The molecule has 0 aliphatic carbocycles. The lowest BCUT2D eigenvalue weighted by Crippen LogP contribution is -2.52. The average molecular weight is 212 g/mol. The number of amides is 1. The molecule has 0 spiro atoms. The van der Waals surface area contributed by atoms with Gasteiger partial charge >= 0.3 is 0 Å². The number of carbonyl (C=O) groups excluding carboxylic acids is 1. The quantitative estimate of drug-likeness (QED) is 0.771. The van der Waals surface area contributed by atoms with Crippen LogP contribution in [0.2, 0.25) is 0 Å². The zero-order chi connectivity index (χ0) is 11.5. The molecular weight excluding hydrogens is 188 g/mol. The van der Waals surface area contributed by atoms with Gasteiger partial charge in [-0.05, 0) is 33.2 Å². The Kier molecular flexibility index (Phi) is 4.14. The van der Waals surface area contributed by atoms with Crippen LogP contribution in [0.4, 0.5) is 0 Å². The highest BCUT2D eigenvalue weighted by atomic mass is 16.2. The molecule has 0 radical (unpaired) electrons. The van der Waals surface area contributed by atoms with Crippen molar-refractivity contribution in [2.24, 2.45) is 5.92 Å². The summed E-state index contributed by atoms with van der Waals surface area (Å²) in [5.41, 5.74) is 0.228. The van der Waals surface area contributed by atoms with Crippen LogP contribution in [-0.4, -0.2) is 36.5 Å². The molecule has 1 aliphatic rings. The third kappa shape index (κ3) is 2.94. The zero-order valence-corrected chi connectivity index (χ0v) is 10.5. The van der Waals surface area contributed by atoms with Crippen LogP contribution >= 0.6 is 0 Å². The Bertz CT molecular complexity index is 220. The fraction of sp³-hybridized carbons (Fsp3) is 0.917. The third-order valence-electron chi connectivity index (χ3n) is 3.82. The van der Waals surface area contributed by atoms with E-state index in [0.717, 1.165) is 32.4 Å². The normalized spacial score (nSPS) is 22.5. The van der Waals surface area contributed by atoms with Gasteiger partial charge in [0.1, 0.15) is 0 Å². The number of rotatable bonds is 3. The van der Waals surface area contributed by atoms with Gasteiger partial charge in [-0.3, -0.25) is 4.79 Å². The van der Waals surface area contributed by atoms with Crippen LogP contribution in [-0.2, 0) is 4.79 Å². The minimum atomic E-state index is 0.184. The lowest BCUT2D eigenvalue weighted by atomic mass is 9.89. The van der Waals surface area contributed by atoms with E-state index in [1.165, 1.54) is 0 Å². The summed E-state index contributed by atoms with van der Waals surface area (Å²) < 4.78 is 0. The third-order valence-corrected chi connectivity index (χ3v) is 3.82. The number of carbonyl (C=O) groups is 1. The molecule has 1 rings (SSSR count). The van der Waals surface area contributed by atoms with Crippen LogP contribution in [0.25, 0.3) is 0 Å². The van der Waals surface area contributed by atoms with E-state index in [-0.39, 0.29) is 11.5 Å². The fourth-order valence-electron chi connectivity index (χ4n) is 1.96. The van der Waals surface area contributed by atoms with E-state index in [2.05, 4.69) is 19.2 Å². The van der Waals surface area contributed by atoms with Crippen molar-refractivity contribution >= 4 is 5.91 Å². The molecule has 1 aliphatic heterocycles. The Morgan fingerprint density at radius 1 is 1.47 bits per heavy atom. The molecule has 0 aromatic heterocycles. The minimum Gasteiger partial charge on any atom is -0.342 e. The molecule has 1 unspecified atom stereocenters. The number of hydrogen-bond acceptors (Lipinski definition) is 2. The predicted octanol–water partition coefficient (Wildman–Crippen LogP) is 1.63. The topological polar surface area (TPSA) is 32.3 Å². The Labute approximate surface area is 93.2 Å². The van der Waals surface area contributed by atoms with Gasteiger partial charge < -0.3 is 10.2 Å². The second kappa shape index (κ2) is 4.97. The molecule has 1 saturated heterocycles. The van der Waals surface area contributed by atoms with Crippen LogP contribution in [0, 0.1) is 5.92 Å². The maximum Gasteiger partial charge on any atom is 0.225 e. The van der Waals surface area contributed by atoms with Crippen molar-refractivity contribution in [1.82, 2.24) is 10.2 Å². The minimum absolute atomic E-state index is 0.184. The molecular formula is C12H24N2O. The molecule has 1 N–H and O–H groups in total. The Morgan fingerprint density at radius 3 is 2.40 bits per heavy atom. The molecule has 0 aromatic rings. The molecule has 15 heavy (non-hydrogen) atoms. The second-order valence-electron chi connectivity index (χ2n) is 4.95. The van der Waals surface area contributed by atoms with Gasteiger partial charge in [0.15, 0.2) is 0 Å². The first kappa shape index (κ1) is 12.5. The van der Waals surface area contributed by atoms with E-state index in [4.69, 9.17) is 0 Å². The maximum atomic E-state index is 11.9. The lowest BCUT2D eigenvalue weighted by Gasteiger charge is -2.40.